The Morgan fingerprint density at radius 3 is 2.26 bits per heavy atom. The Kier molecular flexibility index (Phi) is 5.12. The number of hydrogen-bond acceptors (Lipinski definition) is 3. The van der Waals surface area contributed by atoms with E-state index < -0.39 is 0 Å². The highest BCUT2D eigenvalue weighted by atomic mass is 79.9. The second kappa shape index (κ2) is 6.11. The molecule has 8 heteroatoms. The predicted molar refractivity (Wildman–Crippen MR) is 92.1 cm³/mol. The summed E-state index contributed by atoms with van der Waals surface area (Å²) in [6, 6.07) is -0.168. The largest absolute Gasteiger partial charge is 0.330 e. The third-order valence-electron chi connectivity index (χ3n) is 2.93. The van der Waals surface area contributed by atoms with Crippen molar-refractivity contribution in [2.24, 2.45) is 18.5 Å². The van der Waals surface area contributed by atoms with Crippen LogP contribution in [0.15, 0.2) is 17.9 Å². The van der Waals surface area contributed by atoms with Crippen LogP contribution in [0.5, 0.6) is 0 Å². The fraction of sp³-hybridized carbons (Fsp3) is 0.364. The zero-order valence-electron chi connectivity index (χ0n) is 10.1. The van der Waals surface area contributed by atoms with Crippen molar-refractivity contribution in [1.29, 1.82) is 0 Å². The maximum atomic E-state index is 6.13. The molecule has 0 spiro atoms. The topological polar surface area (TPSA) is 69.9 Å². The van der Waals surface area contributed by atoms with Gasteiger partial charge in [0.2, 0.25) is 0 Å². The molecule has 0 bridgehead atoms. The summed E-state index contributed by atoms with van der Waals surface area (Å²) in [5.41, 5.74) is 13.6. The van der Waals surface area contributed by atoms with Gasteiger partial charge in [-0.1, -0.05) is 0 Å². The summed E-state index contributed by atoms with van der Waals surface area (Å²) in [4.78, 5) is 4.65. The first kappa shape index (κ1) is 15.9. The van der Waals surface area contributed by atoms with Gasteiger partial charge in [0.15, 0.2) is 0 Å². The number of aromatic nitrogens is 2. The maximum absolute atomic E-state index is 6.13. The molecule has 0 aliphatic carbocycles. The van der Waals surface area contributed by atoms with E-state index in [1.54, 1.807) is 0 Å². The van der Waals surface area contributed by atoms with Gasteiger partial charge in [0.05, 0.1) is 20.5 Å². The number of benzene rings is 1. The van der Waals surface area contributed by atoms with Crippen LogP contribution in [0.1, 0.15) is 18.3 Å². The van der Waals surface area contributed by atoms with Crippen LogP contribution in [0.3, 0.4) is 0 Å². The summed E-state index contributed by atoms with van der Waals surface area (Å²) in [5.74, 6) is 0.826. The minimum absolute atomic E-state index is 0.168. The SMILES string of the molecule is Cn1c(C(N)CCN)nc2c(Br)c(Br)c(Br)c(Br)c21. The number of imidazole rings is 1. The summed E-state index contributed by atoms with van der Waals surface area (Å²) < 4.78 is 5.71. The van der Waals surface area contributed by atoms with Crippen LogP contribution < -0.4 is 11.5 Å². The smallest absolute Gasteiger partial charge is 0.126 e. The van der Waals surface area contributed by atoms with E-state index in [1.165, 1.54) is 0 Å². The second-order valence-electron chi connectivity index (χ2n) is 4.17. The summed E-state index contributed by atoms with van der Waals surface area (Å²) >= 11 is 14.2. The molecule has 104 valence electrons. The molecule has 2 rings (SSSR count). The summed E-state index contributed by atoms with van der Waals surface area (Å²) in [6.45, 7) is 0.542. The lowest BCUT2D eigenvalue weighted by molar-refractivity contribution is 0.600. The summed E-state index contributed by atoms with van der Waals surface area (Å²) in [6.07, 6.45) is 0.703. The zero-order valence-corrected chi connectivity index (χ0v) is 16.4. The van der Waals surface area contributed by atoms with Gasteiger partial charge in [-0.3, -0.25) is 0 Å². The molecule has 19 heavy (non-hydrogen) atoms. The Balaban J connectivity index is 2.77. The maximum Gasteiger partial charge on any atom is 0.126 e. The lowest BCUT2D eigenvalue weighted by Crippen LogP contribution is -2.19. The highest BCUT2D eigenvalue weighted by Crippen LogP contribution is 2.43. The Morgan fingerprint density at radius 2 is 1.68 bits per heavy atom. The van der Waals surface area contributed by atoms with E-state index in [0.29, 0.717) is 13.0 Å². The normalized spacial score (nSPS) is 13.2. The van der Waals surface area contributed by atoms with Crippen molar-refractivity contribution in [3.8, 4) is 0 Å². The number of rotatable bonds is 3. The third-order valence-corrected chi connectivity index (χ3v) is 7.66. The van der Waals surface area contributed by atoms with Gasteiger partial charge in [0, 0.05) is 16.0 Å². The molecule has 0 radical (unpaired) electrons. The first-order chi connectivity index (χ1) is 8.90. The molecule has 2 aromatic rings. The number of hydrogen-bond donors (Lipinski definition) is 2. The van der Waals surface area contributed by atoms with E-state index in [1.807, 2.05) is 11.6 Å². The van der Waals surface area contributed by atoms with Crippen molar-refractivity contribution in [3.05, 3.63) is 23.7 Å². The number of nitrogens with two attached hydrogens (primary N) is 2. The molecule has 1 aromatic heterocycles. The molecule has 1 unspecified atom stereocenters. The summed E-state index contributed by atoms with van der Waals surface area (Å²) in [5, 5.41) is 0. The second-order valence-corrected chi connectivity index (χ2v) is 7.34. The van der Waals surface area contributed by atoms with Crippen LogP contribution >= 0.6 is 63.7 Å². The lowest BCUT2D eigenvalue weighted by Gasteiger charge is -2.10. The third kappa shape index (κ3) is 2.67. The number of halogens is 4. The molecule has 0 fully saturated rings. The first-order valence-electron chi connectivity index (χ1n) is 5.54. The van der Waals surface area contributed by atoms with Gasteiger partial charge in [-0.25, -0.2) is 4.98 Å². The van der Waals surface area contributed by atoms with Gasteiger partial charge in [0.25, 0.3) is 0 Å². The summed E-state index contributed by atoms with van der Waals surface area (Å²) in [7, 11) is 1.96. The van der Waals surface area contributed by atoms with Crippen molar-refractivity contribution in [3.63, 3.8) is 0 Å². The molecule has 1 aromatic carbocycles. The van der Waals surface area contributed by atoms with Crippen molar-refractivity contribution < 1.29 is 0 Å². The van der Waals surface area contributed by atoms with E-state index in [2.05, 4.69) is 68.7 Å². The van der Waals surface area contributed by atoms with Gasteiger partial charge in [-0.05, 0) is 76.7 Å². The Labute approximate surface area is 144 Å². The van der Waals surface area contributed by atoms with Crippen LogP contribution in [0.2, 0.25) is 0 Å². The van der Waals surface area contributed by atoms with Gasteiger partial charge < -0.3 is 16.0 Å². The molecule has 0 saturated carbocycles. The molecule has 0 aliphatic rings. The molecule has 4 nitrogen and oxygen atoms in total. The van der Waals surface area contributed by atoms with Crippen molar-refractivity contribution in [2.75, 3.05) is 6.54 Å². The van der Waals surface area contributed by atoms with Gasteiger partial charge in [-0.15, -0.1) is 0 Å². The number of fused-ring (bicyclic) bond motifs is 1. The van der Waals surface area contributed by atoms with E-state index in [-0.39, 0.29) is 6.04 Å². The fourth-order valence-corrected chi connectivity index (χ4v) is 4.39. The predicted octanol–water partition coefficient (Wildman–Crippen LogP) is 3.97. The van der Waals surface area contributed by atoms with Crippen LogP contribution in [0, 0.1) is 0 Å². The zero-order chi connectivity index (χ0) is 14.3. The average molecular weight is 520 g/mol. The van der Waals surface area contributed by atoms with Crippen molar-refractivity contribution in [2.45, 2.75) is 12.5 Å². The van der Waals surface area contributed by atoms with Gasteiger partial charge in [0.1, 0.15) is 11.3 Å². The van der Waals surface area contributed by atoms with E-state index in [9.17, 15) is 0 Å². The minimum atomic E-state index is -0.168. The molecular formula is C11H12Br4N4. The molecular weight excluding hydrogens is 508 g/mol. The average Bonchev–Trinajstić information content (AvgIpc) is 2.72. The molecule has 0 amide bonds. The van der Waals surface area contributed by atoms with Crippen molar-refractivity contribution >= 4 is 74.8 Å². The van der Waals surface area contributed by atoms with E-state index >= 15 is 0 Å². The standard InChI is InChI=1S/C11H12Br4N4/c1-19-10-8(15)6(13)5(12)7(14)9(10)18-11(19)4(17)2-3-16/h4H,2-3,16-17H2,1H3. The molecule has 0 aliphatic heterocycles. The Bertz CT molecular complexity index is 638. The van der Waals surface area contributed by atoms with Crippen LogP contribution in [0.25, 0.3) is 11.0 Å². The quantitative estimate of drug-likeness (QED) is 0.476. The van der Waals surface area contributed by atoms with Crippen molar-refractivity contribution in [1.82, 2.24) is 9.55 Å². The number of nitrogens with zero attached hydrogens (tertiary/aromatic N) is 2. The van der Waals surface area contributed by atoms with E-state index in [4.69, 9.17) is 11.5 Å². The lowest BCUT2D eigenvalue weighted by atomic mass is 10.2. The number of aryl methyl sites for hydroxylation is 1. The fourth-order valence-electron chi connectivity index (χ4n) is 1.96. The molecule has 1 heterocycles. The van der Waals surface area contributed by atoms with Crippen LogP contribution in [-0.4, -0.2) is 16.1 Å². The molecule has 1 atom stereocenters. The molecule has 0 saturated heterocycles. The van der Waals surface area contributed by atoms with Crippen LogP contribution in [-0.2, 0) is 7.05 Å². The van der Waals surface area contributed by atoms with Gasteiger partial charge in [-0.2, -0.15) is 0 Å². The molecule has 4 N–H and O–H groups in total. The first-order valence-corrected chi connectivity index (χ1v) is 8.71. The monoisotopic (exact) mass is 516 g/mol. The highest BCUT2D eigenvalue weighted by Gasteiger charge is 2.22. The van der Waals surface area contributed by atoms with Gasteiger partial charge >= 0.3 is 0 Å². The van der Waals surface area contributed by atoms with Crippen LogP contribution in [0.4, 0.5) is 0 Å². The minimum Gasteiger partial charge on any atom is -0.330 e. The van der Waals surface area contributed by atoms with E-state index in [0.717, 1.165) is 34.7 Å². The Hall–Kier alpha value is 0.530. The Morgan fingerprint density at radius 1 is 1.11 bits per heavy atom. The highest BCUT2D eigenvalue weighted by molar-refractivity contribution is 9.15.